The second-order valence-electron chi connectivity index (χ2n) is 6.16. The highest BCUT2D eigenvalue weighted by atomic mass is 35.5. The Morgan fingerprint density at radius 2 is 1.66 bits per heavy atom. The van der Waals surface area contributed by atoms with Gasteiger partial charge in [0.25, 0.3) is 15.9 Å². The van der Waals surface area contributed by atoms with Crippen LogP contribution in [-0.2, 0) is 10.0 Å². The molecule has 0 saturated carbocycles. The molecule has 0 atom stereocenters. The van der Waals surface area contributed by atoms with E-state index in [1.807, 2.05) is 0 Å². The molecule has 0 radical (unpaired) electrons. The number of amides is 1. The minimum absolute atomic E-state index is 0.0668. The van der Waals surface area contributed by atoms with Crippen LogP contribution >= 0.6 is 11.6 Å². The Morgan fingerprint density at radius 3 is 2.45 bits per heavy atom. The first-order valence-electron chi connectivity index (χ1n) is 8.50. The average molecular weight is 431 g/mol. The average Bonchev–Trinajstić information content (AvgIpc) is 3.16. The summed E-state index contributed by atoms with van der Waals surface area (Å²) in [7, 11) is -3.81. The molecule has 0 saturated heterocycles. The second-order valence-corrected chi connectivity index (χ2v) is 8.28. The Labute approximate surface area is 172 Å². The molecule has 0 unspecified atom stereocenters. The third-order valence-corrected chi connectivity index (χ3v) is 5.78. The molecular weight excluding hydrogens is 416 g/mol. The number of hydrogen-bond acceptors (Lipinski definition) is 5. The molecule has 0 fully saturated rings. The number of carbonyl (C=O) groups is 1. The highest BCUT2D eigenvalue weighted by Crippen LogP contribution is 2.34. The zero-order valence-corrected chi connectivity index (χ0v) is 16.5. The number of halogens is 1. The lowest BCUT2D eigenvalue weighted by atomic mass is 10.2. The number of rotatable bonds is 5. The monoisotopic (exact) mass is 430 g/mol. The van der Waals surface area contributed by atoms with Gasteiger partial charge in [0.15, 0.2) is 11.5 Å². The third kappa shape index (κ3) is 4.28. The van der Waals surface area contributed by atoms with Crippen molar-refractivity contribution in [1.82, 2.24) is 0 Å². The maximum Gasteiger partial charge on any atom is 0.261 e. The van der Waals surface area contributed by atoms with Crippen molar-refractivity contribution in [1.29, 1.82) is 0 Å². The van der Waals surface area contributed by atoms with Gasteiger partial charge in [0.1, 0.15) is 0 Å². The molecule has 1 aliphatic heterocycles. The highest BCUT2D eigenvalue weighted by molar-refractivity contribution is 7.92. The first-order chi connectivity index (χ1) is 13.9. The van der Waals surface area contributed by atoms with E-state index in [0.29, 0.717) is 27.8 Å². The van der Waals surface area contributed by atoms with Crippen molar-refractivity contribution < 1.29 is 22.7 Å². The van der Waals surface area contributed by atoms with Gasteiger partial charge in [-0.15, -0.1) is 0 Å². The molecule has 2 N–H and O–H groups in total. The van der Waals surface area contributed by atoms with Crippen molar-refractivity contribution in [3.63, 3.8) is 0 Å². The van der Waals surface area contributed by atoms with Crippen LogP contribution in [0.2, 0.25) is 5.02 Å². The van der Waals surface area contributed by atoms with E-state index in [4.69, 9.17) is 21.1 Å². The molecule has 0 aromatic heterocycles. The topological polar surface area (TPSA) is 93.7 Å². The lowest BCUT2D eigenvalue weighted by Gasteiger charge is -2.10. The predicted octanol–water partition coefficient (Wildman–Crippen LogP) is 4.12. The van der Waals surface area contributed by atoms with E-state index in [-0.39, 0.29) is 17.4 Å². The van der Waals surface area contributed by atoms with E-state index < -0.39 is 15.9 Å². The van der Waals surface area contributed by atoms with Gasteiger partial charge in [-0.3, -0.25) is 9.52 Å². The Bertz CT molecular complexity index is 1180. The zero-order valence-electron chi connectivity index (χ0n) is 14.9. The predicted molar refractivity (Wildman–Crippen MR) is 109 cm³/mol. The second kappa shape index (κ2) is 7.65. The number of nitrogens with one attached hydrogen (secondary N) is 2. The lowest BCUT2D eigenvalue weighted by molar-refractivity contribution is 0.102. The summed E-state index contributed by atoms with van der Waals surface area (Å²) in [6.45, 7) is 0.141. The van der Waals surface area contributed by atoms with E-state index in [1.54, 1.807) is 36.4 Å². The number of carbonyl (C=O) groups excluding carboxylic acids is 1. The maximum atomic E-state index is 12.6. The molecule has 1 amide bonds. The van der Waals surface area contributed by atoms with Crippen LogP contribution in [0.25, 0.3) is 0 Å². The lowest BCUT2D eigenvalue weighted by Crippen LogP contribution is -2.15. The number of sulfonamides is 1. The molecule has 0 aliphatic carbocycles. The normalized spacial score (nSPS) is 12.4. The van der Waals surface area contributed by atoms with E-state index in [9.17, 15) is 13.2 Å². The Balaban J connectivity index is 1.51. The number of fused-ring (bicyclic) bond motifs is 1. The van der Waals surface area contributed by atoms with Gasteiger partial charge in [-0.2, -0.15) is 0 Å². The summed E-state index contributed by atoms with van der Waals surface area (Å²) < 4.78 is 38.0. The van der Waals surface area contributed by atoms with Crippen LogP contribution < -0.4 is 19.5 Å². The van der Waals surface area contributed by atoms with E-state index in [1.165, 1.54) is 30.3 Å². The Kier molecular flexibility index (Phi) is 5.04. The molecule has 4 rings (SSSR count). The van der Waals surface area contributed by atoms with Crippen LogP contribution in [0.1, 0.15) is 10.4 Å². The van der Waals surface area contributed by atoms with Gasteiger partial charge in [0.2, 0.25) is 6.79 Å². The van der Waals surface area contributed by atoms with Crippen molar-refractivity contribution >= 4 is 38.9 Å². The highest BCUT2D eigenvalue weighted by Gasteiger charge is 2.17. The van der Waals surface area contributed by atoms with Gasteiger partial charge in [0.05, 0.1) is 4.90 Å². The van der Waals surface area contributed by atoms with Gasteiger partial charge in [0, 0.05) is 28.0 Å². The summed E-state index contributed by atoms with van der Waals surface area (Å²) in [5.41, 5.74) is 1.09. The van der Waals surface area contributed by atoms with Crippen LogP contribution in [0.4, 0.5) is 11.4 Å². The van der Waals surface area contributed by atoms with Crippen LogP contribution in [0.3, 0.4) is 0 Å². The van der Waals surface area contributed by atoms with Gasteiger partial charge >= 0.3 is 0 Å². The minimum atomic E-state index is -3.81. The molecule has 29 heavy (non-hydrogen) atoms. The first-order valence-corrected chi connectivity index (χ1v) is 10.4. The van der Waals surface area contributed by atoms with E-state index in [2.05, 4.69) is 10.0 Å². The third-order valence-electron chi connectivity index (χ3n) is 4.13. The number of hydrogen-bond donors (Lipinski definition) is 2. The smallest absolute Gasteiger partial charge is 0.261 e. The summed E-state index contributed by atoms with van der Waals surface area (Å²) in [6.07, 6.45) is 0. The summed E-state index contributed by atoms with van der Waals surface area (Å²) in [6, 6.07) is 17.0. The molecule has 7 nitrogen and oxygen atoms in total. The molecule has 0 bridgehead atoms. The summed E-state index contributed by atoms with van der Waals surface area (Å²) in [4.78, 5) is 12.6. The van der Waals surface area contributed by atoms with Crippen molar-refractivity contribution in [2.24, 2.45) is 0 Å². The Morgan fingerprint density at radius 1 is 0.897 bits per heavy atom. The molecule has 3 aromatic carbocycles. The molecule has 1 aliphatic rings. The van der Waals surface area contributed by atoms with Gasteiger partial charge < -0.3 is 14.8 Å². The molecular formula is C20H15ClN2O5S. The van der Waals surface area contributed by atoms with Crippen molar-refractivity contribution in [3.05, 3.63) is 77.3 Å². The standard InChI is InChI=1S/C20H15ClN2O5S/c21-14-4-7-17(8-5-14)29(25,26)23-16-3-1-2-13(10-16)20(24)22-15-6-9-18-19(11-15)28-12-27-18/h1-11,23H,12H2,(H,22,24). The first kappa shape index (κ1) is 19.1. The Hall–Kier alpha value is -3.23. The van der Waals surface area contributed by atoms with Crippen LogP contribution in [0.15, 0.2) is 71.6 Å². The van der Waals surface area contributed by atoms with Gasteiger partial charge in [-0.25, -0.2) is 8.42 Å². The van der Waals surface area contributed by atoms with Crippen LogP contribution in [0, 0.1) is 0 Å². The fraction of sp³-hybridized carbons (Fsp3) is 0.0500. The molecule has 148 valence electrons. The zero-order chi connectivity index (χ0) is 20.4. The van der Waals surface area contributed by atoms with Crippen molar-refractivity contribution in [2.45, 2.75) is 4.90 Å². The minimum Gasteiger partial charge on any atom is -0.454 e. The molecule has 9 heteroatoms. The van der Waals surface area contributed by atoms with Gasteiger partial charge in [-0.05, 0) is 54.6 Å². The number of benzene rings is 3. The van der Waals surface area contributed by atoms with Crippen LogP contribution in [0.5, 0.6) is 11.5 Å². The SMILES string of the molecule is O=C(Nc1ccc2c(c1)OCO2)c1cccc(NS(=O)(=O)c2ccc(Cl)cc2)c1. The largest absolute Gasteiger partial charge is 0.454 e. The summed E-state index contributed by atoms with van der Waals surface area (Å²) in [5, 5.41) is 3.19. The number of anilines is 2. The summed E-state index contributed by atoms with van der Waals surface area (Å²) in [5.74, 6) is 0.769. The van der Waals surface area contributed by atoms with Crippen LogP contribution in [-0.4, -0.2) is 21.1 Å². The fourth-order valence-electron chi connectivity index (χ4n) is 2.73. The fourth-order valence-corrected chi connectivity index (χ4v) is 3.90. The van der Waals surface area contributed by atoms with Gasteiger partial charge in [-0.1, -0.05) is 17.7 Å². The maximum absolute atomic E-state index is 12.6. The molecule has 1 heterocycles. The van der Waals surface area contributed by atoms with E-state index >= 15 is 0 Å². The molecule has 0 spiro atoms. The number of ether oxygens (including phenoxy) is 2. The van der Waals surface area contributed by atoms with Crippen molar-refractivity contribution in [2.75, 3.05) is 16.8 Å². The quantitative estimate of drug-likeness (QED) is 0.635. The van der Waals surface area contributed by atoms with Crippen molar-refractivity contribution in [3.8, 4) is 11.5 Å². The summed E-state index contributed by atoms with van der Waals surface area (Å²) >= 11 is 5.80. The molecule has 3 aromatic rings. The van der Waals surface area contributed by atoms with E-state index in [0.717, 1.165) is 0 Å².